The number of carbonyl (C=O) groups excluding carboxylic acids is 3. The molecule has 25 heavy (non-hydrogen) atoms. The third-order valence-electron chi connectivity index (χ3n) is 4.13. The van der Waals surface area contributed by atoms with Gasteiger partial charge in [-0.25, -0.2) is 4.79 Å². The second-order valence-corrected chi connectivity index (χ2v) is 6.32. The van der Waals surface area contributed by atoms with Crippen LogP contribution in [-0.4, -0.2) is 28.4 Å². The molecule has 1 saturated carbocycles. The molecule has 0 radical (unpaired) electrons. The van der Waals surface area contributed by atoms with Crippen LogP contribution in [0.5, 0.6) is 5.75 Å². The zero-order chi connectivity index (χ0) is 17.6. The predicted octanol–water partition coefficient (Wildman–Crippen LogP) is 3.01. The van der Waals surface area contributed by atoms with Gasteiger partial charge in [0.2, 0.25) is 5.60 Å². The van der Waals surface area contributed by atoms with Gasteiger partial charge in [0.1, 0.15) is 5.75 Å². The number of nitrogens with zero attached hydrogens (tertiary/aromatic N) is 1. The first-order chi connectivity index (χ1) is 12.0. The number of fused-ring (bicyclic) bond motifs is 1. The molecule has 0 unspecified atom stereocenters. The molecule has 2 aliphatic rings. The summed E-state index contributed by atoms with van der Waals surface area (Å²) in [6.07, 6.45) is 0.884. The standard InChI is InChI=1S/C18H12ClNO5/c19-11-5-7-12(8-6-11)24-18(9-10-18)17(23)25-20-15(21)13-3-1-2-4-14(13)16(20)22/h1-8H,9-10H2. The Kier molecular flexibility index (Phi) is 3.51. The smallest absolute Gasteiger partial charge is 0.376 e. The lowest BCUT2D eigenvalue weighted by molar-refractivity contribution is -0.179. The van der Waals surface area contributed by atoms with Gasteiger partial charge in [-0.15, -0.1) is 0 Å². The Morgan fingerprint density at radius 3 is 2.04 bits per heavy atom. The average Bonchev–Trinajstić information content (AvgIpc) is 3.37. The molecule has 1 heterocycles. The summed E-state index contributed by atoms with van der Waals surface area (Å²) in [6.45, 7) is 0. The molecule has 1 fully saturated rings. The van der Waals surface area contributed by atoms with Crippen molar-refractivity contribution in [2.24, 2.45) is 0 Å². The van der Waals surface area contributed by atoms with Crippen molar-refractivity contribution in [1.82, 2.24) is 5.06 Å². The van der Waals surface area contributed by atoms with E-state index in [4.69, 9.17) is 21.2 Å². The molecule has 7 heteroatoms. The van der Waals surface area contributed by atoms with E-state index in [1.54, 1.807) is 36.4 Å². The largest absolute Gasteiger partial charge is 0.475 e. The van der Waals surface area contributed by atoms with Gasteiger partial charge in [-0.05, 0) is 36.4 Å². The van der Waals surface area contributed by atoms with E-state index in [1.165, 1.54) is 12.1 Å². The highest BCUT2D eigenvalue weighted by Crippen LogP contribution is 2.42. The van der Waals surface area contributed by atoms with Gasteiger partial charge >= 0.3 is 5.97 Å². The van der Waals surface area contributed by atoms with Crippen molar-refractivity contribution < 1.29 is 24.0 Å². The lowest BCUT2D eigenvalue weighted by Crippen LogP contribution is -2.40. The fourth-order valence-corrected chi connectivity index (χ4v) is 2.73. The second kappa shape index (κ2) is 5.60. The molecule has 1 aliphatic carbocycles. The highest BCUT2D eigenvalue weighted by atomic mass is 35.5. The lowest BCUT2D eigenvalue weighted by atomic mass is 10.1. The Balaban J connectivity index is 1.50. The molecule has 0 spiro atoms. The zero-order valence-electron chi connectivity index (χ0n) is 12.9. The Bertz CT molecular complexity index is 854. The van der Waals surface area contributed by atoms with Gasteiger partial charge in [-0.3, -0.25) is 9.59 Å². The van der Waals surface area contributed by atoms with E-state index in [-0.39, 0.29) is 11.1 Å². The van der Waals surface area contributed by atoms with Crippen molar-refractivity contribution in [3.63, 3.8) is 0 Å². The van der Waals surface area contributed by atoms with Gasteiger partial charge in [0.15, 0.2) is 0 Å². The average molecular weight is 358 g/mol. The van der Waals surface area contributed by atoms with Crippen molar-refractivity contribution in [1.29, 1.82) is 0 Å². The van der Waals surface area contributed by atoms with Crippen molar-refractivity contribution in [2.75, 3.05) is 0 Å². The van der Waals surface area contributed by atoms with Gasteiger partial charge in [-0.1, -0.05) is 28.8 Å². The minimum Gasteiger partial charge on any atom is -0.475 e. The van der Waals surface area contributed by atoms with E-state index in [2.05, 4.69) is 0 Å². The fourth-order valence-electron chi connectivity index (χ4n) is 2.61. The molecule has 0 aromatic heterocycles. The topological polar surface area (TPSA) is 72.9 Å². The monoisotopic (exact) mass is 357 g/mol. The maximum Gasteiger partial charge on any atom is 0.376 e. The molecule has 126 valence electrons. The number of amides is 2. The normalized spacial score (nSPS) is 17.2. The van der Waals surface area contributed by atoms with Gasteiger partial charge in [0.25, 0.3) is 11.8 Å². The van der Waals surface area contributed by atoms with Gasteiger partial charge in [-0.2, -0.15) is 0 Å². The lowest BCUT2D eigenvalue weighted by Gasteiger charge is -2.19. The van der Waals surface area contributed by atoms with Crippen LogP contribution >= 0.6 is 11.6 Å². The molecule has 6 nitrogen and oxygen atoms in total. The first kappa shape index (κ1) is 15.7. The summed E-state index contributed by atoms with van der Waals surface area (Å²) in [5.74, 6) is -1.62. The molecule has 0 atom stereocenters. The van der Waals surface area contributed by atoms with Crippen LogP contribution < -0.4 is 4.74 Å². The van der Waals surface area contributed by atoms with E-state index >= 15 is 0 Å². The summed E-state index contributed by atoms with van der Waals surface area (Å²) in [6, 6.07) is 12.9. The van der Waals surface area contributed by atoms with Crippen molar-refractivity contribution in [3.8, 4) is 5.75 Å². The molecule has 2 aromatic carbocycles. The minimum absolute atomic E-state index is 0.212. The van der Waals surface area contributed by atoms with Gasteiger partial charge < -0.3 is 9.57 Å². The van der Waals surface area contributed by atoms with Crippen molar-refractivity contribution in [2.45, 2.75) is 18.4 Å². The van der Waals surface area contributed by atoms with Gasteiger partial charge in [0, 0.05) is 17.9 Å². The summed E-state index contributed by atoms with van der Waals surface area (Å²) in [5.41, 5.74) is -0.754. The third kappa shape index (κ3) is 2.64. The van der Waals surface area contributed by atoms with Crippen LogP contribution in [0.4, 0.5) is 0 Å². The summed E-state index contributed by atoms with van der Waals surface area (Å²) < 4.78 is 5.71. The van der Waals surface area contributed by atoms with Crippen LogP contribution in [0.1, 0.15) is 33.6 Å². The Hall–Kier alpha value is -2.86. The maximum atomic E-state index is 12.5. The number of imide groups is 1. The van der Waals surface area contributed by atoms with E-state index in [0.717, 1.165) is 0 Å². The van der Waals surface area contributed by atoms with E-state index in [9.17, 15) is 14.4 Å². The van der Waals surface area contributed by atoms with Crippen LogP contribution in [-0.2, 0) is 9.63 Å². The predicted molar refractivity (Wildman–Crippen MR) is 87.1 cm³/mol. The Labute approximate surface area is 147 Å². The number of rotatable bonds is 4. The molecular formula is C18H12ClNO5. The molecule has 2 amide bonds. The molecule has 4 rings (SSSR count). The number of carbonyl (C=O) groups is 3. The highest BCUT2D eigenvalue weighted by Gasteiger charge is 2.56. The number of benzene rings is 2. The first-order valence-electron chi connectivity index (χ1n) is 7.65. The summed E-state index contributed by atoms with van der Waals surface area (Å²) >= 11 is 5.82. The van der Waals surface area contributed by atoms with E-state index in [0.29, 0.717) is 28.7 Å². The Morgan fingerprint density at radius 2 is 1.52 bits per heavy atom. The molecule has 0 bridgehead atoms. The van der Waals surface area contributed by atoms with Crippen LogP contribution in [0.2, 0.25) is 5.02 Å². The van der Waals surface area contributed by atoms with Crippen molar-refractivity contribution >= 4 is 29.4 Å². The number of ether oxygens (including phenoxy) is 1. The first-order valence-corrected chi connectivity index (χ1v) is 8.03. The second-order valence-electron chi connectivity index (χ2n) is 5.88. The number of hydroxylamine groups is 2. The SMILES string of the molecule is O=C1c2ccccc2C(=O)N1OC(=O)C1(Oc2ccc(Cl)cc2)CC1. The third-order valence-corrected chi connectivity index (χ3v) is 4.39. The summed E-state index contributed by atoms with van der Waals surface area (Å²) in [4.78, 5) is 42.1. The fraction of sp³-hybridized carbons (Fsp3) is 0.167. The zero-order valence-corrected chi connectivity index (χ0v) is 13.7. The highest BCUT2D eigenvalue weighted by molar-refractivity contribution is 6.30. The van der Waals surface area contributed by atoms with Crippen LogP contribution in [0, 0.1) is 0 Å². The van der Waals surface area contributed by atoms with E-state index < -0.39 is 23.4 Å². The number of halogens is 1. The van der Waals surface area contributed by atoms with Gasteiger partial charge in [0.05, 0.1) is 11.1 Å². The van der Waals surface area contributed by atoms with E-state index in [1.807, 2.05) is 0 Å². The Morgan fingerprint density at radius 1 is 0.960 bits per heavy atom. The quantitative estimate of drug-likeness (QED) is 0.786. The van der Waals surface area contributed by atoms with Crippen LogP contribution in [0.15, 0.2) is 48.5 Å². The minimum atomic E-state index is -1.18. The molecule has 2 aromatic rings. The summed E-state index contributed by atoms with van der Waals surface area (Å²) in [5, 5.41) is 1.05. The van der Waals surface area contributed by atoms with Crippen molar-refractivity contribution in [3.05, 3.63) is 64.7 Å². The van der Waals surface area contributed by atoms with Crippen LogP contribution in [0.3, 0.4) is 0 Å². The van der Waals surface area contributed by atoms with Crippen LogP contribution in [0.25, 0.3) is 0 Å². The molecular weight excluding hydrogens is 346 g/mol. The number of hydrogen-bond acceptors (Lipinski definition) is 5. The number of hydrogen-bond donors (Lipinski definition) is 0. The molecule has 0 N–H and O–H groups in total. The maximum absolute atomic E-state index is 12.5. The molecule has 1 aliphatic heterocycles. The summed E-state index contributed by atoms with van der Waals surface area (Å²) in [7, 11) is 0. The molecule has 0 saturated heterocycles.